The minimum absolute atomic E-state index is 0.199. The molecule has 2 rings (SSSR count). The van der Waals surface area contributed by atoms with Crippen molar-refractivity contribution in [3.63, 3.8) is 0 Å². The van der Waals surface area contributed by atoms with Crippen LogP contribution in [0.3, 0.4) is 0 Å². The predicted molar refractivity (Wildman–Crippen MR) is 53.5 cm³/mol. The number of carbonyl (C=O) groups is 2. The van der Waals surface area contributed by atoms with E-state index in [1.807, 2.05) is 19.1 Å². The van der Waals surface area contributed by atoms with Crippen molar-refractivity contribution in [2.24, 2.45) is 0 Å². The van der Waals surface area contributed by atoms with Crippen LogP contribution < -0.4 is 4.90 Å². The second-order valence-electron chi connectivity index (χ2n) is 3.57. The molecule has 1 aromatic carbocycles. The maximum atomic E-state index is 10.8. The fourth-order valence-corrected chi connectivity index (χ4v) is 1.91. The summed E-state index contributed by atoms with van der Waals surface area (Å²) < 4.78 is 0. The Kier molecular flexibility index (Phi) is 2.08. The van der Waals surface area contributed by atoms with Gasteiger partial charge < -0.3 is 4.90 Å². The van der Waals surface area contributed by atoms with Crippen LogP contribution in [-0.4, -0.2) is 18.7 Å². The van der Waals surface area contributed by atoms with Gasteiger partial charge >= 0.3 is 0 Å². The minimum Gasteiger partial charge on any atom is -0.312 e. The van der Waals surface area contributed by atoms with Gasteiger partial charge in [-0.05, 0) is 37.1 Å². The highest BCUT2D eigenvalue weighted by atomic mass is 16.1. The van der Waals surface area contributed by atoms with Gasteiger partial charge in [0.25, 0.3) is 0 Å². The van der Waals surface area contributed by atoms with Gasteiger partial charge in [-0.3, -0.25) is 9.59 Å². The van der Waals surface area contributed by atoms with Crippen LogP contribution in [0.25, 0.3) is 0 Å². The summed E-state index contributed by atoms with van der Waals surface area (Å²) in [6, 6.07) is 5.61. The van der Waals surface area contributed by atoms with Crippen molar-refractivity contribution in [3.05, 3.63) is 29.3 Å². The van der Waals surface area contributed by atoms with Gasteiger partial charge in [-0.1, -0.05) is 0 Å². The first-order valence-corrected chi connectivity index (χ1v) is 4.58. The lowest BCUT2D eigenvalue weighted by Crippen LogP contribution is -2.27. The Hall–Kier alpha value is -1.64. The molecule has 0 spiro atoms. The molecule has 0 N–H and O–H groups in total. The van der Waals surface area contributed by atoms with E-state index in [-0.39, 0.29) is 6.04 Å². The summed E-state index contributed by atoms with van der Waals surface area (Å²) in [5.41, 5.74) is 2.68. The lowest BCUT2D eigenvalue weighted by atomic mass is 10.1. The molecule has 3 nitrogen and oxygen atoms in total. The van der Waals surface area contributed by atoms with Crippen molar-refractivity contribution in [3.8, 4) is 0 Å². The zero-order valence-corrected chi connectivity index (χ0v) is 7.93. The molecule has 1 amide bonds. The molecule has 0 aliphatic carbocycles. The number of hydrogen-bond acceptors (Lipinski definition) is 2. The third kappa shape index (κ3) is 1.21. The van der Waals surface area contributed by atoms with Crippen LogP contribution in [0.15, 0.2) is 18.2 Å². The molecule has 1 aliphatic heterocycles. The monoisotopic (exact) mass is 189 g/mol. The number of aldehydes is 1. The molecule has 1 aliphatic rings. The first-order chi connectivity index (χ1) is 6.76. The summed E-state index contributed by atoms with van der Waals surface area (Å²) in [6.45, 7) is 2.00. The van der Waals surface area contributed by atoms with E-state index in [0.717, 1.165) is 30.4 Å². The van der Waals surface area contributed by atoms with Crippen LogP contribution in [0.2, 0.25) is 0 Å². The van der Waals surface area contributed by atoms with Crippen molar-refractivity contribution in [2.75, 3.05) is 4.90 Å². The van der Waals surface area contributed by atoms with Gasteiger partial charge in [-0.25, -0.2) is 0 Å². The fourth-order valence-electron chi connectivity index (χ4n) is 1.91. The molecule has 0 bridgehead atoms. The summed E-state index contributed by atoms with van der Waals surface area (Å²) in [5.74, 6) is 0. The Morgan fingerprint density at radius 3 is 2.86 bits per heavy atom. The van der Waals surface area contributed by atoms with E-state index >= 15 is 0 Å². The van der Waals surface area contributed by atoms with E-state index in [9.17, 15) is 9.59 Å². The molecule has 0 saturated carbocycles. The Morgan fingerprint density at radius 2 is 2.21 bits per heavy atom. The quantitative estimate of drug-likeness (QED) is 0.659. The van der Waals surface area contributed by atoms with Crippen LogP contribution in [0.1, 0.15) is 22.8 Å². The zero-order valence-electron chi connectivity index (χ0n) is 7.93. The van der Waals surface area contributed by atoms with Crippen LogP contribution in [0.4, 0.5) is 5.69 Å². The summed E-state index contributed by atoms with van der Waals surface area (Å²) in [5, 5.41) is 0. The Labute approximate surface area is 82.3 Å². The number of amides is 1. The fraction of sp³-hybridized carbons (Fsp3) is 0.273. The maximum Gasteiger partial charge on any atom is 0.214 e. The zero-order chi connectivity index (χ0) is 10.1. The van der Waals surface area contributed by atoms with Gasteiger partial charge in [0.05, 0.1) is 0 Å². The molecular formula is C11H11NO2. The summed E-state index contributed by atoms with van der Waals surface area (Å²) in [4.78, 5) is 23.0. The molecule has 1 heterocycles. The van der Waals surface area contributed by atoms with Gasteiger partial charge in [-0.15, -0.1) is 0 Å². The normalized spacial score (nSPS) is 19.2. The van der Waals surface area contributed by atoms with E-state index < -0.39 is 0 Å². The van der Waals surface area contributed by atoms with Crippen LogP contribution in [0, 0.1) is 0 Å². The minimum atomic E-state index is 0.199. The SMILES string of the molecule is CC1Cc2cc(C=O)ccc2N1C=O. The molecule has 0 fully saturated rings. The average Bonchev–Trinajstić information content (AvgIpc) is 2.51. The van der Waals surface area contributed by atoms with Gasteiger partial charge in [0, 0.05) is 17.3 Å². The summed E-state index contributed by atoms with van der Waals surface area (Å²) in [7, 11) is 0. The standard InChI is InChI=1S/C11H11NO2/c1-8-4-10-5-9(6-13)2-3-11(10)12(8)7-14/h2-3,5-8H,4H2,1H3. The molecular weight excluding hydrogens is 178 g/mol. The van der Waals surface area contributed by atoms with Crippen LogP contribution in [0.5, 0.6) is 0 Å². The van der Waals surface area contributed by atoms with Gasteiger partial charge in [-0.2, -0.15) is 0 Å². The highest BCUT2D eigenvalue weighted by Crippen LogP contribution is 2.31. The van der Waals surface area contributed by atoms with Crippen molar-refractivity contribution >= 4 is 18.4 Å². The summed E-state index contributed by atoms with van der Waals surface area (Å²) in [6.07, 6.45) is 2.50. The second-order valence-corrected chi connectivity index (χ2v) is 3.57. The van der Waals surface area contributed by atoms with Crippen LogP contribution in [-0.2, 0) is 11.2 Å². The Morgan fingerprint density at radius 1 is 1.43 bits per heavy atom. The Bertz CT molecular complexity index is 387. The van der Waals surface area contributed by atoms with E-state index in [0.29, 0.717) is 5.56 Å². The largest absolute Gasteiger partial charge is 0.312 e. The highest BCUT2D eigenvalue weighted by Gasteiger charge is 2.25. The topological polar surface area (TPSA) is 37.4 Å². The van der Waals surface area contributed by atoms with E-state index in [1.54, 1.807) is 11.0 Å². The Balaban J connectivity index is 2.47. The number of anilines is 1. The number of carbonyl (C=O) groups excluding carboxylic acids is 2. The third-order valence-electron chi connectivity index (χ3n) is 2.62. The van der Waals surface area contributed by atoms with E-state index in [1.165, 1.54) is 0 Å². The second kappa shape index (κ2) is 3.25. The van der Waals surface area contributed by atoms with E-state index in [2.05, 4.69) is 0 Å². The number of rotatable bonds is 2. The number of hydrogen-bond donors (Lipinski definition) is 0. The van der Waals surface area contributed by atoms with E-state index in [4.69, 9.17) is 0 Å². The van der Waals surface area contributed by atoms with Crippen molar-refractivity contribution in [2.45, 2.75) is 19.4 Å². The van der Waals surface area contributed by atoms with Crippen molar-refractivity contribution < 1.29 is 9.59 Å². The lowest BCUT2D eigenvalue weighted by molar-refractivity contribution is -0.107. The average molecular weight is 189 g/mol. The molecule has 3 heteroatoms. The van der Waals surface area contributed by atoms with Crippen LogP contribution >= 0.6 is 0 Å². The molecule has 0 aromatic heterocycles. The molecule has 0 saturated heterocycles. The van der Waals surface area contributed by atoms with Gasteiger partial charge in [0.2, 0.25) is 6.41 Å². The molecule has 1 aromatic rings. The maximum absolute atomic E-state index is 10.8. The first-order valence-electron chi connectivity index (χ1n) is 4.58. The molecule has 14 heavy (non-hydrogen) atoms. The van der Waals surface area contributed by atoms with Gasteiger partial charge in [0.1, 0.15) is 6.29 Å². The lowest BCUT2D eigenvalue weighted by Gasteiger charge is -2.15. The first kappa shape index (κ1) is 8.94. The molecule has 0 radical (unpaired) electrons. The number of nitrogens with zero attached hydrogens (tertiary/aromatic N) is 1. The molecule has 72 valence electrons. The van der Waals surface area contributed by atoms with Crippen molar-refractivity contribution in [1.82, 2.24) is 0 Å². The molecule has 1 unspecified atom stereocenters. The number of fused-ring (bicyclic) bond motifs is 1. The predicted octanol–water partition coefficient (Wildman–Crippen LogP) is 1.41. The van der Waals surface area contributed by atoms with Crippen molar-refractivity contribution in [1.29, 1.82) is 0 Å². The highest BCUT2D eigenvalue weighted by molar-refractivity contribution is 5.84. The summed E-state index contributed by atoms with van der Waals surface area (Å²) >= 11 is 0. The number of benzene rings is 1. The molecule has 1 atom stereocenters. The van der Waals surface area contributed by atoms with Gasteiger partial charge in [0.15, 0.2) is 0 Å². The smallest absolute Gasteiger partial charge is 0.214 e. The third-order valence-corrected chi connectivity index (χ3v) is 2.62.